The zero-order valence-electron chi connectivity index (χ0n) is 15.1. The summed E-state index contributed by atoms with van der Waals surface area (Å²) in [5.41, 5.74) is 5.77. The van der Waals surface area contributed by atoms with Gasteiger partial charge in [-0.05, 0) is 19.8 Å². The number of imidazole rings is 1. The molecule has 26 heavy (non-hydrogen) atoms. The molecule has 9 heteroatoms. The summed E-state index contributed by atoms with van der Waals surface area (Å²) < 4.78 is 4.21. The Bertz CT molecular complexity index is 889. The van der Waals surface area contributed by atoms with Crippen LogP contribution < -0.4 is 10.6 Å². The molecule has 0 aromatic carbocycles. The van der Waals surface area contributed by atoms with Crippen LogP contribution in [0, 0.1) is 6.92 Å². The van der Waals surface area contributed by atoms with E-state index in [4.69, 9.17) is 5.73 Å². The zero-order valence-corrected chi connectivity index (χ0v) is 15.1. The third kappa shape index (κ3) is 3.12. The maximum absolute atomic E-state index is 5.77. The van der Waals surface area contributed by atoms with E-state index in [1.54, 1.807) is 0 Å². The average Bonchev–Trinajstić information content (AvgIpc) is 3.22. The first-order valence-electron chi connectivity index (χ1n) is 8.80. The van der Waals surface area contributed by atoms with Crippen LogP contribution in [-0.2, 0) is 13.6 Å². The van der Waals surface area contributed by atoms with Gasteiger partial charge in [0.15, 0.2) is 5.82 Å². The molecule has 1 aliphatic rings. The van der Waals surface area contributed by atoms with Crippen molar-refractivity contribution in [2.45, 2.75) is 32.2 Å². The van der Waals surface area contributed by atoms with E-state index in [1.807, 2.05) is 25.4 Å². The van der Waals surface area contributed by atoms with Crippen LogP contribution in [0.1, 0.15) is 36.2 Å². The van der Waals surface area contributed by atoms with Gasteiger partial charge in [0.1, 0.15) is 29.6 Å². The zero-order chi connectivity index (χ0) is 18.1. The highest BCUT2D eigenvalue weighted by atomic mass is 15.3. The van der Waals surface area contributed by atoms with E-state index in [0.717, 1.165) is 49.2 Å². The Kier molecular flexibility index (Phi) is 4.27. The molecule has 2 N–H and O–H groups in total. The number of rotatable bonds is 4. The Labute approximate surface area is 151 Å². The minimum absolute atomic E-state index is 0.403. The van der Waals surface area contributed by atoms with E-state index in [1.165, 1.54) is 6.33 Å². The van der Waals surface area contributed by atoms with E-state index in [2.05, 4.69) is 46.2 Å². The van der Waals surface area contributed by atoms with Crippen molar-refractivity contribution in [3.8, 4) is 0 Å². The summed E-state index contributed by atoms with van der Waals surface area (Å²) in [7, 11) is 2.05. The van der Waals surface area contributed by atoms with Crippen LogP contribution in [0.15, 0.2) is 24.8 Å². The molecule has 4 heterocycles. The standard InChI is InChI=1S/C17H23N9/c1-12-19-5-8-26(12)10-16-22-23-17(24(16)2)13-3-6-25(7-4-13)15-9-14(18)20-11-21-15/h5,8-9,11,13H,3-4,6-7,10H2,1-2H3,(H2,18,20,21). The smallest absolute Gasteiger partial charge is 0.152 e. The van der Waals surface area contributed by atoms with Gasteiger partial charge >= 0.3 is 0 Å². The average molecular weight is 353 g/mol. The first-order chi connectivity index (χ1) is 12.6. The lowest BCUT2D eigenvalue weighted by Gasteiger charge is -2.32. The monoisotopic (exact) mass is 353 g/mol. The highest BCUT2D eigenvalue weighted by molar-refractivity contribution is 5.46. The molecule has 0 saturated carbocycles. The molecule has 3 aromatic rings. The number of piperidine rings is 1. The van der Waals surface area contributed by atoms with Crippen LogP contribution in [0.4, 0.5) is 11.6 Å². The molecule has 4 rings (SSSR count). The van der Waals surface area contributed by atoms with Gasteiger partial charge in [-0.1, -0.05) is 0 Å². The third-order valence-corrected chi connectivity index (χ3v) is 5.09. The second-order valence-corrected chi connectivity index (χ2v) is 6.70. The van der Waals surface area contributed by atoms with Crippen molar-refractivity contribution in [1.29, 1.82) is 0 Å². The van der Waals surface area contributed by atoms with Gasteiger partial charge in [0.2, 0.25) is 0 Å². The molecule has 0 unspecified atom stereocenters. The lowest BCUT2D eigenvalue weighted by atomic mass is 9.96. The van der Waals surface area contributed by atoms with Crippen molar-refractivity contribution in [1.82, 2.24) is 34.3 Å². The highest BCUT2D eigenvalue weighted by Crippen LogP contribution is 2.29. The van der Waals surface area contributed by atoms with Crippen LogP contribution in [0.2, 0.25) is 0 Å². The highest BCUT2D eigenvalue weighted by Gasteiger charge is 2.26. The number of hydrogen-bond donors (Lipinski definition) is 1. The lowest BCUT2D eigenvalue weighted by molar-refractivity contribution is 0.470. The molecule has 1 saturated heterocycles. The summed E-state index contributed by atoms with van der Waals surface area (Å²) in [6, 6.07) is 1.83. The van der Waals surface area contributed by atoms with Crippen molar-refractivity contribution in [3.05, 3.63) is 42.3 Å². The number of anilines is 2. The first-order valence-corrected chi connectivity index (χ1v) is 8.80. The van der Waals surface area contributed by atoms with E-state index in [0.29, 0.717) is 18.3 Å². The third-order valence-electron chi connectivity index (χ3n) is 5.09. The molecule has 0 bridgehead atoms. The number of nitrogen functional groups attached to an aromatic ring is 1. The second-order valence-electron chi connectivity index (χ2n) is 6.70. The largest absolute Gasteiger partial charge is 0.384 e. The Balaban J connectivity index is 1.44. The minimum Gasteiger partial charge on any atom is -0.384 e. The first kappa shape index (κ1) is 16.5. The summed E-state index contributed by atoms with van der Waals surface area (Å²) in [6.45, 7) is 4.52. The second kappa shape index (κ2) is 6.74. The summed E-state index contributed by atoms with van der Waals surface area (Å²) in [5, 5.41) is 8.89. The maximum atomic E-state index is 5.77. The number of hydrogen-bond acceptors (Lipinski definition) is 7. The predicted octanol–water partition coefficient (Wildman–Crippen LogP) is 1.12. The quantitative estimate of drug-likeness (QED) is 0.749. The van der Waals surface area contributed by atoms with Crippen molar-refractivity contribution in [2.24, 2.45) is 7.05 Å². The fraction of sp³-hybridized carbons (Fsp3) is 0.471. The maximum Gasteiger partial charge on any atom is 0.152 e. The van der Waals surface area contributed by atoms with E-state index < -0.39 is 0 Å². The number of aromatic nitrogens is 7. The van der Waals surface area contributed by atoms with Gasteiger partial charge in [-0.25, -0.2) is 15.0 Å². The summed E-state index contributed by atoms with van der Waals surface area (Å²) in [6.07, 6.45) is 7.32. The van der Waals surface area contributed by atoms with E-state index in [9.17, 15) is 0 Å². The molecule has 1 fully saturated rings. The Morgan fingerprint density at radius 2 is 1.96 bits per heavy atom. The number of nitrogens with two attached hydrogens (primary N) is 1. The summed E-state index contributed by atoms with van der Waals surface area (Å²) >= 11 is 0. The number of aryl methyl sites for hydroxylation is 1. The Morgan fingerprint density at radius 3 is 2.65 bits per heavy atom. The van der Waals surface area contributed by atoms with Crippen molar-refractivity contribution >= 4 is 11.6 Å². The van der Waals surface area contributed by atoms with Gasteiger partial charge < -0.3 is 19.8 Å². The van der Waals surface area contributed by atoms with Gasteiger partial charge in [0, 0.05) is 44.5 Å². The van der Waals surface area contributed by atoms with Crippen LogP contribution in [0.25, 0.3) is 0 Å². The molecule has 0 radical (unpaired) electrons. The molecule has 0 atom stereocenters. The van der Waals surface area contributed by atoms with Gasteiger partial charge in [0.25, 0.3) is 0 Å². The van der Waals surface area contributed by atoms with Crippen LogP contribution >= 0.6 is 0 Å². The van der Waals surface area contributed by atoms with E-state index in [-0.39, 0.29) is 0 Å². The fourth-order valence-electron chi connectivity index (χ4n) is 3.49. The Hall–Kier alpha value is -2.97. The van der Waals surface area contributed by atoms with Gasteiger partial charge in [0.05, 0.1) is 6.54 Å². The normalized spacial score (nSPS) is 15.5. The topological polar surface area (TPSA) is 104 Å². The Morgan fingerprint density at radius 1 is 1.15 bits per heavy atom. The summed E-state index contributed by atoms with van der Waals surface area (Å²) in [5.74, 6) is 4.79. The molecular weight excluding hydrogens is 330 g/mol. The molecule has 3 aromatic heterocycles. The fourth-order valence-corrected chi connectivity index (χ4v) is 3.49. The summed E-state index contributed by atoms with van der Waals surface area (Å²) in [4.78, 5) is 14.8. The minimum atomic E-state index is 0.403. The SMILES string of the molecule is Cc1nccn1Cc1nnc(C2CCN(c3cc(N)ncn3)CC2)n1C. The van der Waals surface area contributed by atoms with E-state index >= 15 is 0 Å². The lowest BCUT2D eigenvalue weighted by Crippen LogP contribution is -2.34. The molecule has 0 aliphatic carbocycles. The predicted molar refractivity (Wildman–Crippen MR) is 97.7 cm³/mol. The van der Waals surface area contributed by atoms with Crippen LogP contribution in [0.3, 0.4) is 0 Å². The van der Waals surface area contributed by atoms with Crippen LogP contribution in [0.5, 0.6) is 0 Å². The van der Waals surface area contributed by atoms with Gasteiger partial charge in [-0.2, -0.15) is 0 Å². The number of nitrogens with zero attached hydrogens (tertiary/aromatic N) is 8. The molecule has 1 aliphatic heterocycles. The van der Waals surface area contributed by atoms with Gasteiger partial charge in [-0.15, -0.1) is 10.2 Å². The molecule has 0 spiro atoms. The van der Waals surface area contributed by atoms with Crippen LogP contribution in [-0.4, -0.2) is 47.4 Å². The van der Waals surface area contributed by atoms with Crippen molar-refractivity contribution in [3.63, 3.8) is 0 Å². The van der Waals surface area contributed by atoms with Crippen molar-refractivity contribution < 1.29 is 0 Å². The molecule has 9 nitrogen and oxygen atoms in total. The van der Waals surface area contributed by atoms with Crippen molar-refractivity contribution in [2.75, 3.05) is 23.7 Å². The van der Waals surface area contributed by atoms with Gasteiger partial charge in [-0.3, -0.25) is 0 Å². The molecular formula is C17H23N9. The molecule has 0 amide bonds. The molecule has 136 valence electrons.